The number of aliphatic carboxylic acids is 1. The number of hydrogen-bond donors (Lipinski definition) is 1. The van der Waals surface area contributed by atoms with Crippen LogP contribution in [0.25, 0.3) is 0 Å². The number of rotatable bonds is 6. The summed E-state index contributed by atoms with van der Waals surface area (Å²) >= 11 is 0. The number of hydrogen-bond acceptors (Lipinski definition) is 2. The van der Waals surface area contributed by atoms with Gasteiger partial charge in [-0.1, -0.05) is 26.7 Å². The van der Waals surface area contributed by atoms with Gasteiger partial charge in [0.15, 0.2) is 0 Å². The molecule has 0 radical (unpaired) electrons. The molecule has 1 saturated carbocycles. The van der Waals surface area contributed by atoms with E-state index in [4.69, 9.17) is 5.11 Å². The molecule has 1 aliphatic rings. The molecule has 3 nitrogen and oxygen atoms in total. The minimum Gasteiger partial charge on any atom is -0.481 e. The average Bonchev–Trinajstić information content (AvgIpc) is 2.66. The Hall–Kier alpha value is -0.570. The summed E-state index contributed by atoms with van der Waals surface area (Å²) in [6, 6.07) is 0.781. The molecule has 0 bridgehead atoms. The molecule has 16 heavy (non-hydrogen) atoms. The van der Waals surface area contributed by atoms with Crippen molar-refractivity contribution in [1.82, 2.24) is 4.90 Å². The summed E-state index contributed by atoms with van der Waals surface area (Å²) in [6.07, 6.45) is 5.36. The molecule has 0 aromatic heterocycles. The van der Waals surface area contributed by atoms with E-state index in [1.165, 1.54) is 25.7 Å². The molecule has 1 N–H and O–H groups in total. The van der Waals surface area contributed by atoms with Crippen LogP contribution in [0.1, 0.15) is 52.9 Å². The summed E-state index contributed by atoms with van der Waals surface area (Å²) in [7, 11) is 0. The first-order valence-corrected chi connectivity index (χ1v) is 6.57. The zero-order valence-electron chi connectivity index (χ0n) is 10.8. The van der Waals surface area contributed by atoms with Crippen LogP contribution in [0.4, 0.5) is 0 Å². The van der Waals surface area contributed by atoms with E-state index in [9.17, 15) is 4.79 Å². The molecule has 1 fully saturated rings. The maximum absolute atomic E-state index is 10.8. The van der Waals surface area contributed by atoms with Crippen molar-refractivity contribution < 1.29 is 9.90 Å². The van der Waals surface area contributed by atoms with Gasteiger partial charge in [-0.15, -0.1) is 0 Å². The monoisotopic (exact) mass is 227 g/mol. The fourth-order valence-corrected chi connectivity index (χ4v) is 3.17. The van der Waals surface area contributed by atoms with E-state index in [1.807, 2.05) is 6.92 Å². The summed E-state index contributed by atoms with van der Waals surface area (Å²) in [5, 5.41) is 8.87. The van der Waals surface area contributed by atoms with Crippen molar-refractivity contribution in [3.8, 4) is 0 Å². The van der Waals surface area contributed by atoms with Crippen LogP contribution < -0.4 is 0 Å². The first kappa shape index (κ1) is 13.5. The van der Waals surface area contributed by atoms with E-state index >= 15 is 0 Å². The Morgan fingerprint density at radius 2 is 2.12 bits per heavy atom. The van der Waals surface area contributed by atoms with Gasteiger partial charge in [-0.05, 0) is 32.2 Å². The number of nitrogens with zero attached hydrogens (tertiary/aromatic N) is 1. The highest BCUT2D eigenvalue weighted by Gasteiger charge is 2.32. The number of carboxylic acids is 1. The van der Waals surface area contributed by atoms with Crippen molar-refractivity contribution >= 4 is 5.97 Å². The lowest BCUT2D eigenvalue weighted by Crippen LogP contribution is -2.44. The largest absolute Gasteiger partial charge is 0.481 e. The molecule has 3 atom stereocenters. The predicted octanol–water partition coefficient (Wildman–Crippen LogP) is 2.75. The maximum atomic E-state index is 10.8. The lowest BCUT2D eigenvalue weighted by atomic mass is 9.97. The molecule has 0 saturated heterocycles. The van der Waals surface area contributed by atoms with Gasteiger partial charge in [0.25, 0.3) is 0 Å². The highest BCUT2D eigenvalue weighted by Crippen LogP contribution is 2.33. The Morgan fingerprint density at radius 3 is 2.62 bits per heavy atom. The van der Waals surface area contributed by atoms with Gasteiger partial charge < -0.3 is 5.11 Å². The second-order valence-electron chi connectivity index (χ2n) is 4.94. The quantitative estimate of drug-likeness (QED) is 0.758. The Labute approximate surface area is 98.8 Å². The lowest BCUT2D eigenvalue weighted by molar-refractivity contribution is -0.138. The highest BCUT2D eigenvalue weighted by atomic mass is 16.4. The Bertz CT molecular complexity index is 230. The molecular formula is C13H25NO2. The van der Waals surface area contributed by atoms with Crippen LogP contribution >= 0.6 is 0 Å². The molecule has 94 valence electrons. The van der Waals surface area contributed by atoms with E-state index in [0.29, 0.717) is 6.04 Å². The molecule has 0 aliphatic heterocycles. The van der Waals surface area contributed by atoms with Crippen LogP contribution in [0.2, 0.25) is 0 Å². The van der Waals surface area contributed by atoms with Crippen molar-refractivity contribution in [3.05, 3.63) is 0 Å². The topological polar surface area (TPSA) is 40.5 Å². The van der Waals surface area contributed by atoms with Crippen molar-refractivity contribution in [2.75, 3.05) is 6.54 Å². The predicted molar refractivity (Wildman–Crippen MR) is 65.5 cm³/mol. The first-order chi connectivity index (χ1) is 7.60. The minimum atomic E-state index is -0.683. The standard InChI is InChI=1S/C13H25NO2/c1-4-11-7-6-8-12(11)14(5-2)10(3)9-13(15)16/h10-12H,4-9H2,1-3H3,(H,15,16). The fourth-order valence-electron chi connectivity index (χ4n) is 3.17. The molecule has 1 rings (SSSR count). The number of carboxylic acid groups (broad SMARTS) is 1. The van der Waals surface area contributed by atoms with Gasteiger partial charge in [-0.3, -0.25) is 9.69 Å². The van der Waals surface area contributed by atoms with Gasteiger partial charge in [0.2, 0.25) is 0 Å². The lowest BCUT2D eigenvalue weighted by Gasteiger charge is -2.36. The van der Waals surface area contributed by atoms with Crippen LogP contribution in [0.5, 0.6) is 0 Å². The highest BCUT2D eigenvalue weighted by molar-refractivity contribution is 5.67. The SMILES string of the molecule is CCC1CCCC1N(CC)C(C)CC(=O)O. The normalized spacial score (nSPS) is 27.2. The van der Waals surface area contributed by atoms with Gasteiger partial charge in [-0.25, -0.2) is 0 Å². The molecule has 1 aliphatic carbocycles. The van der Waals surface area contributed by atoms with E-state index in [2.05, 4.69) is 18.7 Å². The van der Waals surface area contributed by atoms with Crippen LogP contribution in [0.15, 0.2) is 0 Å². The van der Waals surface area contributed by atoms with Gasteiger partial charge in [0.1, 0.15) is 0 Å². The van der Waals surface area contributed by atoms with Crippen molar-refractivity contribution in [2.24, 2.45) is 5.92 Å². The zero-order valence-corrected chi connectivity index (χ0v) is 10.8. The van der Waals surface area contributed by atoms with Crippen LogP contribution in [-0.2, 0) is 4.79 Å². The Morgan fingerprint density at radius 1 is 1.44 bits per heavy atom. The summed E-state index contributed by atoms with van der Waals surface area (Å²) in [4.78, 5) is 13.2. The van der Waals surface area contributed by atoms with Crippen LogP contribution in [-0.4, -0.2) is 34.6 Å². The second-order valence-corrected chi connectivity index (χ2v) is 4.94. The summed E-state index contributed by atoms with van der Waals surface area (Å²) in [5.41, 5.74) is 0. The maximum Gasteiger partial charge on any atom is 0.304 e. The average molecular weight is 227 g/mol. The molecule has 0 heterocycles. The summed E-state index contributed by atoms with van der Waals surface area (Å²) < 4.78 is 0. The van der Waals surface area contributed by atoms with Gasteiger partial charge in [0.05, 0.1) is 6.42 Å². The Kier molecular flexibility index (Phi) is 5.26. The third-order valence-corrected chi connectivity index (χ3v) is 3.97. The first-order valence-electron chi connectivity index (χ1n) is 6.57. The van der Waals surface area contributed by atoms with Crippen LogP contribution in [0.3, 0.4) is 0 Å². The van der Waals surface area contributed by atoms with Gasteiger partial charge >= 0.3 is 5.97 Å². The molecule has 0 aromatic rings. The molecule has 0 amide bonds. The Balaban J connectivity index is 2.61. The van der Waals surface area contributed by atoms with E-state index in [-0.39, 0.29) is 12.5 Å². The van der Waals surface area contributed by atoms with E-state index in [0.717, 1.165) is 12.5 Å². The molecule has 3 heteroatoms. The minimum absolute atomic E-state index is 0.166. The fraction of sp³-hybridized carbons (Fsp3) is 0.923. The summed E-state index contributed by atoms with van der Waals surface area (Å²) in [6.45, 7) is 7.40. The number of carbonyl (C=O) groups is 1. The van der Waals surface area contributed by atoms with E-state index < -0.39 is 5.97 Å². The second kappa shape index (κ2) is 6.24. The van der Waals surface area contributed by atoms with E-state index in [1.54, 1.807) is 0 Å². The smallest absolute Gasteiger partial charge is 0.304 e. The van der Waals surface area contributed by atoms with Gasteiger partial charge in [-0.2, -0.15) is 0 Å². The van der Waals surface area contributed by atoms with Crippen molar-refractivity contribution in [2.45, 2.75) is 65.0 Å². The van der Waals surface area contributed by atoms with Crippen molar-refractivity contribution in [1.29, 1.82) is 0 Å². The summed E-state index contributed by atoms with van der Waals surface area (Å²) in [5.74, 6) is 0.0909. The zero-order chi connectivity index (χ0) is 12.1. The van der Waals surface area contributed by atoms with Gasteiger partial charge in [0, 0.05) is 12.1 Å². The molecule has 0 aromatic carbocycles. The van der Waals surface area contributed by atoms with Crippen molar-refractivity contribution in [3.63, 3.8) is 0 Å². The molecule has 3 unspecified atom stereocenters. The molecular weight excluding hydrogens is 202 g/mol. The molecule has 0 spiro atoms. The van der Waals surface area contributed by atoms with Crippen LogP contribution in [0, 0.1) is 5.92 Å². The third-order valence-electron chi connectivity index (χ3n) is 3.97. The third kappa shape index (κ3) is 3.21.